The second-order valence-corrected chi connectivity index (χ2v) is 7.51. The predicted molar refractivity (Wildman–Crippen MR) is 119 cm³/mol. The van der Waals surface area contributed by atoms with E-state index in [1.165, 1.54) is 49.0 Å². The fraction of sp³-hybridized carbons (Fsp3) is 0.0370. The van der Waals surface area contributed by atoms with Crippen molar-refractivity contribution in [3.63, 3.8) is 0 Å². The Labute approximate surface area is 162 Å². The molecule has 0 fully saturated rings. The highest BCUT2D eigenvalue weighted by Crippen LogP contribution is 2.42. The Kier molecular flexibility index (Phi) is 3.15. The molecule has 0 aliphatic rings. The molecule has 0 spiro atoms. The molecular formula is C27H18O. The van der Waals surface area contributed by atoms with Gasteiger partial charge in [0.1, 0.15) is 11.2 Å². The number of furan rings is 1. The molecule has 0 bridgehead atoms. The van der Waals surface area contributed by atoms with E-state index in [4.69, 9.17) is 4.42 Å². The summed E-state index contributed by atoms with van der Waals surface area (Å²) in [5.74, 6) is 0. The summed E-state index contributed by atoms with van der Waals surface area (Å²) in [7, 11) is 0. The normalized spacial score (nSPS) is 11.8. The minimum atomic E-state index is 0.943. The van der Waals surface area contributed by atoms with E-state index in [2.05, 4.69) is 97.9 Å². The maximum Gasteiger partial charge on any atom is 0.136 e. The third kappa shape index (κ3) is 2.20. The van der Waals surface area contributed by atoms with Crippen molar-refractivity contribution in [2.75, 3.05) is 0 Å². The van der Waals surface area contributed by atoms with Gasteiger partial charge in [0.25, 0.3) is 0 Å². The molecular weight excluding hydrogens is 340 g/mol. The van der Waals surface area contributed by atoms with Crippen LogP contribution in [0.25, 0.3) is 54.6 Å². The summed E-state index contributed by atoms with van der Waals surface area (Å²) in [5.41, 5.74) is 5.64. The molecule has 0 atom stereocenters. The zero-order valence-corrected chi connectivity index (χ0v) is 15.6. The lowest BCUT2D eigenvalue weighted by Gasteiger charge is -2.10. The first-order valence-electron chi connectivity index (χ1n) is 9.62. The minimum absolute atomic E-state index is 0.943. The Morgan fingerprint density at radius 1 is 0.571 bits per heavy atom. The Morgan fingerprint density at radius 2 is 1.29 bits per heavy atom. The van der Waals surface area contributed by atoms with E-state index >= 15 is 0 Å². The van der Waals surface area contributed by atoms with Crippen molar-refractivity contribution in [2.45, 2.75) is 6.92 Å². The molecule has 0 amide bonds. The van der Waals surface area contributed by atoms with Gasteiger partial charge in [0.05, 0.1) is 0 Å². The van der Waals surface area contributed by atoms with Gasteiger partial charge in [0, 0.05) is 16.3 Å². The van der Waals surface area contributed by atoms with Gasteiger partial charge in [0.15, 0.2) is 0 Å². The van der Waals surface area contributed by atoms with Crippen LogP contribution in [0.4, 0.5) is 0 Å². The molecule has 6 aromatic rings. The number of hydrogen-bond donors (Lipinski definition) is 0. The van der Waals surface area contributed by atoms with Gasteiger partial charge >= 0.3 is 0 Å². The molecule has 0 N–H and O–H groups in total. The van der Waals surface area contributed by atoms with E-state index in [1.54, 1.807) is 0 Å². The Balaban J connectivity index is 1.87. The second kappa shape index (κ2) is 5.71. The third-order valence-corrected chi connectivity index (χ3v) is 5.66. The van der Waals surface area contributed by atoms with E-state index in [-0.39, 0.29) is 0 Å². The van der Waals surface area contributed by atoms with Gasteiger partial charge in [-0.1, -0.05) is 78.4 Å². The van der Waals surface area contributed by atoms with Gasteiger partial charge < -0.3 is 4.42 Å². The van der Waals surface area contributed by atoms with E-state index in [0.29, 0.717) is 0 Å². The number of fused-ring (bicyclic) bond motifs is 5. The molecule has 0 saturated carbocycles. The Bertz CT molecular complexity index is 1520. The highest BCUT2D eigenvalue weighted by molar-refractivity contribution is 6.22. The highest BCUT2D eigenvalue weighted by Gasteiger charge is 2.17. The topological polar surface area (TPSA) is 13.1 Å². The smallest absolute Gasteiger partial charge is 0.136 e. The van der Waals surface area contributed by atoms with Crippen LogP contribution < -0.4 is 0 Å². The van der Waals surface area contributed by atoms with E-state index < -0.39 is 0 Å². The first-order valence-corrected chi connectivity index (χ1v) is 9.62. The van der Waals surface area contributed by atoms with Crippen molar-refractivity contribution in [3.05, 3.63) is 96.6 Å². The van der Waals surface area contributed by atoms with Gasteiger partial charge in [-0.3, -0.25) is 0 Å². The summed E-state index contributed by atoms with van der Waals surface area (Å²) >= 11 is 0. The molecule has 1 heteroatoms. The zero-order chi connectivity index (χ0) is 18.7. The van der Waals surface area contributed by atoms with Crippen LogP contribution in [0.2, 0.25) is 0 Å². The van der Waals surface area contributed by atoms with E-state index in [0.717, 1.165) is 11.2 Å². The molecule has 0 aliphatic heterocycles. The molecule has 0 radical (unpaired) electrons. The lowest BCUT2D eigenvalue weighted by molar-refractivity contribution is 0.670. The average Bonchev–Trinajstić information content (AvgIpc) is 3.07. The number of hydrogen-bond acceptors (Lipinski definition) is 1. The standard InChI is InChI=1S/C27H18O/c1-17-7-6-11-21(13-17)26-22-12-5-4-10-20(22)16-25-27(26)23-14-18-8-2-3-9-19(18)15-24(23)28-25/h2-16H,1H3. The van der Waals surface area contributed by atoms with Crippen molar-refractivity contribution in [2.24, 2.45) is 0 Å². The fourth-order valence-corrected chi connectivity index (χ4v) is 4.39. The van der Waals surface area contributed by atoms with Crippen LogP contribution in [0.15, 0.2) is 95.4 Å². The minimum Gasteiger partial charge on any atom is -0.456 e. The van der Waals surface area contributed by atoms with Crippen molar-refractivity contribution in [3.8, 4) is 11.1 Å². The highest BCUT2D eigenvalue weighted by atomic mass is 16.3. The molecule has 1 heterocycles. The molecule has 28 heavy (non-hydrogen) atoms. The molecule has 6 rings (SSSR count). The van der Waals surface area contributed by atoms with Crippen LogP contribution in [-0.2, 0) is 0 Å². The van der Waals surface area contributed by atoms with Crippen LogP contribution >= 0.6 is 0 Å². The summed E-state index contributed by atoms with van der Waals surface area (Å²) in [5, 5.41) is 7.28. The van der Waals surface area contributed by atoms with E-state index in [9.17, 15) is 0 Å². The second-order valence-electron chi connectivity index (χ2n) is 7.51. The quantitative estimate of drug-likeness (QED) is 0.291. The van der Waals surface area contributed by atoms with Crippen LogP contribution in [-0.4, -0.2) is 0 Å². The van der Waals surface area contributed by atoms with Crippen molar-refractivity contribution < 1.29 is 4.42 Å². The Hall–Kier alpha value is -3.58. The predicted octanol–water partition coefficient (Wildman–Crippen LogP) is 7.87. The Morgan fingerprint density at radius 3 is 2.11 bits per heavy atom. The van der Waals surface area contributed by atoms with Gasteiger partial charge in [-0.25, -0.2) is 0 Å². The molecule has 132 valence electrons. The molecule has 0 unspecified atom stereocenters. The first-order chi connectivity index (χ1) is 13.8. The molecule has 1 nitrogen and oxygen atoms in total. The maximum atomic E-state index is 6.36. The van der Waals surface area contributed by atoms with Crippen molar-refractivity contribution in [1.29, 1.82) is 0 Å². The summed E-state index contributed by atoms with van der Waals surface area (Å²) in [4.78, 5) is 0. The average molecular weight is 358 g/mol. The summed E-state index contributed by atoms with van der Waals surface area (Å²) in [6.45, 7) is 2.15. The fourth-order valence-electron chi connectivity index (χ4n) is 4.39. The van der Waals surface area contributed by atoms with Crippen LogP contribution in [0, 0.1) is 6.92 Å². The molecule has 0 saturated heterocycles. The first kappa shape index (κ1) is 15.5. The van der Waals surface area contributed by atoms with Crippen molar-refractivity contribution >= 4 is 43.5 Å². The third-order valence-electron chi connectivity index (χ3n) is 5.66. The largest absolute Gasteiger partial charge is 0.456 e. The van der Waals surface area contributed by atoms with Gasteiger partial charge in [-0.05, 0) is 52.2 Å². The van der Waals surface area contributed by atoms with Crippen molar-refractivity contribution in [1.82, 2.24) is 0 Å². The summed E-state index contributed by atoms with van der Waals surface area (Å²) in [6.07, 6.45) is 0. The SMILES string of the molecule is Cc1cccc(-c2c3ccccc3cc3oc4cc5ccccc5cc4c23)c1. The van der Waals surface area contributed by atoms with Crippen LogP contribution in [0.3, 0.4) is 0 Å². The maximum absolute atomic E-state index is 6.36. The molecule has 0 aliphatic carbocycles. The number of benzene rings is 5. The van der Waals surface area contributed by atoms with E-state index in [1.807, 2.05) is 0 Å². The van der Waals surface area contributed by atoms with Gasteiger partial charge in [0.2, 0.25) is 0 Å². The summed E-state index contributed by atoms with van der Waals surface area (Å²) < 4.78 is 6.36. The number of aryl methyl sites for hydroxylation is 1. The van der Waals surface area contributed by atoms with Crippen LogP contribution in [0.5, 0.6) is 0 Å². The molecule has 5 aromatic carbocycles. The lowest BCUT2D eigenvalue weighted by atomic mass is 9.92. The monoisotopic (exact) mass is 358 g/mol. The van der Waals surface area contributed by atoms with Crippen LogP contribution in [0.1, 0.15) is 5.56 Å². The van der Waals surface area contributed by atoms with Gasteiger partial charge in [-0.15, -0.1) is 0 Å². The zero-order valence-electron chi connectivity index (χ0n) is 15.6. The van der Waals surface area contributed by atoms with Gasteiger partial charge in [-0.2, -0.15) is 0 Å². The molecule has 1 aromatic heterocycles. The summed E-state index contributed by atoms with van der Waals surface area (Å²) in [6, 6.07) is 32.4. The number of rotatable bonds is 1. The lowest BCUT2D eigenvalue weighted by Crippen LogP contribution is -1.85.